The zero-order valence-electron chi connectivity index (χ0n) is 16.8. The van der Waals surface area contributed by atoms with Crippen molar-refractivity contribution >= 4 is 61.2 Å². The van der Waals surface area contributed by atoms with Crippen molar-refractivity contribution in [3.8, 4) is 5.75 Å². The van der Waals surface area contributed by atoms with Gasteiger partial charge in [0.1, 0.15) is 12.3 Å². The fourth-order valence-corrected chi connectivity index (χ4v) is 6.76. The van der Waals surface area contributed by atoms with E-state index in [0.29, 0.717) is 18.0 Å². The first kappa shape index (κ1) is 22.3. The molecule has 1 N–H and O–H groups in total. The van der Waals surface area contributed by atoms with Crippen molar-refractivity contribution in [2.75, 3.05) is 25.1 Å². The number of ether oxygens (including phenoxy) is 2. The molecule has 6 atom stereocenters. The molecule has 1 aromatic carbocycles. The third-order valence-electron chi connectivity index (χ3n) is 6.18. The lowest BCUT2D eigenvalue weighted by Gasteiger charge is -2.28. The summed E-state index contributed by atoms with van der Waals surface area (Å²) in [4.78, 5) is 51.1. The van der Waals surface area contributed by atoms with Gasteiger partial charge in [-0.15, -0.1) is 0 Å². The number of imide groups is 1. The van der Waals surface area contributed by atoms with Crippen LogP contribution in [0.15, 0.2) is 24.3 Å². The highest BCUT2D eigenvalue weighted by Gasteiger charge is 2.66. The van der Waals surface area contributed by atoms with Crippen molar-refractivity contribution in [1.82, 2.24) is 4.90 Å². The van der Waals surface area contributed by atoms with Crippen LogP contribution in [0.25, 0.3) is 0 Å². The maximum absolute atomic E-state index is 12.8. The molecule has 1 saturated heterocycles. The number of nitrogens with one attached hydrogen (secondary N) is 1. The smallest absolute Gasteiger partial charge is 0.326 e. The van der Waals surface area contributed by atoms with E-state index in [-0.39, 0.29) is 45.1 Å². The normalized spacial score (nSPS) is 31.0. The van der Waals surface area contributed by atoms with E-state index < -0.39 is 25.0 Å². The molecule has 0 aromatic heterocycles. The summed E-state index contributed by atoms with van der Waals surface area (Å²) in [6.45, 7) is 1.44. The second-order valence-corrected chi connectivity index (χ2v) is 10.0. The number of hydrogen-bond donors (Lipinski definition) is 1. The Hall–Kier alpha value is -1.94. The lowest BCUT2D eigenvalue weighted by atomic mass is 9.81. The Morgan fingerprint density at radius 2 is 1.65 bits per heavy atom. The third-order valence-corrected chi connectivity index (χ3v) is 9.39. The van der Waals surface area contributed by atoms with E-state index in [1.807, 2.05) is 6.92 Å². The highest BCUT2D eigenvalue weighted by atomic mass is 79.9. The van der Waals surface area contributed by atoms with E-state index in [1.165, 1.54) is 0 Å². The molecule has 0 radical (unpaired) electrons. The van der Waals surface area contributed by atoms with Crippen molar-refractivity contribution in [1.29, 1.82) is 0 Å². The molecule has 3 aliphatic rings. The number of likely N-dealkylation sites (tertiary alicyclic amines) is 1. The number of hydrogen-bond acceptors (Lipinski definition) is 6. The van der Waals surface area contributed by atoms with Gasteiger partial charge in [0.25, 0.3) is 5.91 Å². The fraction of sp³-hybridized carbons (Fsp3) is 0.524. The standard InChI is InChI=1S/C21H22Br2N2O6/c1-2-30-11-5-3-10(4-6-11)24-14(26)9-31-15(27)8-25-20(28)16-12-7-13(17(16)21(25)29)19(23)18(12)22/h3-6,12-13,16-19H,2,7-9H2,1H3,(H,24,26)/t12-,13-,16-,17+,18-,19+/m1/s1. The van der Waals surface area contributed by atoms with Gasteiger partial charge in [0.2, 0.25) is 11.8 Å². The Labute approximate surface area is 196 Å². The van der Waals surface area contributed by atoms with Crippen LogP contribution in [0.2, 0.25) is 0 Å². The Kier molecular flexibility index (Phi) is 6.39. The van der Waals surface area contributed by atoms with Gasteiger partial charge in [-0.05, 0) is 49.4 Å². The first-order valence-corrected chi connectivity index (χ1v) is 12.0. The number of alkyl halides is 2. The van der Waals surface area contributed by atoms with Gasteiger partial charge >= 0.3 is 5.97 Å². The maximum Gasteiger partial charge on any atom is 0.326 e. The summed E-state index contributed by atoms with van der Waals surface area (Å²) in [5.41, 5.74) is 0.534. The molecule has 3 fully saturated rings. The van der Waals surface area contributed by atoms with Crippen LogP contribution in [0.3, 0.4) is 0 Å². The number of nitrogens with zero attached hydrogens (tertiary/aromatic N) is 1. The lowest BCUT2D eigenvalue weighted by molar-refractivity contribution is -0.154. The number of carbonyl (C=O) groups is 4. The molecule has 2 aliphatic carbocycles. The average Bonchev–Trinajstić information content (AvgIpc) is 3.35. The van der Waals surface area contributed by atoms with Crippen LogP contribution in [0.4, 0.5) is 5.69 Å². The van der Waals surface area contributed by atoms with Crippen molar-refractivity contribution < 1.29 is 28.7 Å². The summed E-state index contributed by atoms with van der Waals surface area (Å²) >= 11 is 7.25. The summed E-state index contributed by atoms with van der Waals surface area (Å²) in [5.74, 6) is -1.87. The molecule has 10 heteroatoms. The van der Waals surface area contributed by atoms with Gasteiger partial charge in [-0.2, -0.15) is 0 Å². The highest BCUT2D eigenvalue weighted by Crippen LogP contribution is 2.60. The molecule has 1 aliphatic heterocycles. The van der Waals surface area contributed by atoms with Crippen molar-refractivity contribution in [3.05, 3.63) is 24.3 Å². The number of esters is 1. The summed E-state index contributed by atoms with van der Waals surface area (Å²) < 4.78 is 10.3. The van der Waals surface area contributed by atoms with Gasteiger partial charge in [0.15, 0.2) is 6.61 Å². The lowest BCUT2D eigenvalue weighted by Crippen LogP contribution is -2.38. The molecule has 2 bridgehead atoms. The SMILES string of the molecule is CCOc1ccc(NC(=O)COC(=O)CN2C(=O)[C@@H]3[C@H]4C[C@@H]([C@H](Br)[C@@H]4Br)[C@@H]3C2=O)cc1. The second kappa shape index (κ2) is 8.90. The van der Waals surface area contributed by atoms with Crippen LogP contribution in [0.1, 0.15) is 13.3 Å². The molecule has 4 rings (SSSR count). The maximum atomic E-state index is 12.8. The number of rotatable bonds is 7. The first-order chi connectivity index (χ1) is 14.8. The number of halogens is 2. The van der Waals surface area contributed by atoms with Crippen LogP contribution >= 0.6 is 31.9 Å². The van der Waals surface area contributed by atoms with E-state index in [4.69, 9.17) is 9.47 Å². The summed E-state index contributed by atoms with van der Waals surface area (Å²) in [6.07, 6.45) is 0.822. The topological polar surface area (TPSA) is 102 Å². The van der Waals surface area contributed by atoms with Crippen LogP contribution in [-0.4, -0.2) is 58.0 Å². The number of amides is 3. The first-order valence-electron chi connectivity index (χ1n) is 10.1. The number of carbonyl (C=O) groups excluding carboxylic acids is 4. The van der Waals surface area contributed by atoms with Crippen LogP contribution in [0, 0.1) is 23.7 Å². The van der Waals surface area contributed by atoms with Gasteiger partial charge in [-0.3, -0.25) is 24.1 Å². The summed E-state index contributed by atoms with van der Waals surface area (Å²) in [7, 11) is 0. The molecule has 0 spiro atoms. The van der Waals surface area contributed by atoms with Crippen LogP contribution in [-0.2, 0) is 23.9 Å². The predicted octanol–water partition coefficient (Wildman–Crippen LogP) is 2.34. The number of anilines is 1. The fourth-order valence-electron chi connectivity index (χ4n) is 4.89. The van der Waals surface area contributed by atoms with Crippen LogP contribution < -0.4 is 10.1 Å². The monoisotopic (exact) mass is 556 g/mol. The molecule has 31 heavy (non-hydrogen) atoms. The van der Waals surface area contributed by atoms with E-state index in [1.54, 1.807) is 24.3 Å². The Balaban J connectivity index is 1.28. The van der Waals surface area contributed by atoms with E-state index in [9.17, 15) is 19.2 Å². The molecule has 2 saturated carbocycles. The van der Waals surface area contributed by atoms with Crippen molar-refractivity contribution in [2.24, 2.45) is 23.7 Å². The summed E-state index contributed by atoms with van der Waals surface area (Å²) in [6, 6.07) is 6.78. The van der Waals surface area contributed by atoms with Crippen molar-refractivity contribution in [3.63, 3.8) is 0 Å². The molecule has 3 amide bonds. The largest absolute Gasteiger partial charge is 0.494 e. The minimum absolute atomic E-state index is 0.0803. The summed E-state index contributed by atoms with van der Waals surface area (Å²) in [5, 5.41) is 2.61. The van der Waals surface area contributed by atoms with Crippen LogP contribution in [0.5, 0.6) is 5.75 Å². The molecular weight excluding hydrogens is 536 g/mol. The molecule has 1 aromatic rings. The van der Waals surface area contributed by atoms with E-state index in [2.05, 4.69) is 37.2 Å². The number of benzene rings is 1. The molecule has 166 valence electrons. The number of fused-ring (bicyclic) bond motifs is 5. The Morgan fingerprint density at radius 1 is 1.06 bits per heavy atom. The van der Waals surface area contributed by atoms with Gasteiger partial charge in [0, 0.05) is 15.3 Å². The Bertz CT molecular complexity index is 876. The zero-order valence-corrected chi connectivity index (χ0v) is 19.9. The van der Waals surface area contributed by atoms with Gasteiger partial charge in [-0.25, -0.2) is 0 Å². The molecule has 1 heterocycles. The van der Waals surface area contributed by atoms with E-state index >= 15 is 0 Å². The molecule has 0 unspecified atom stereocenters. The average molecular weight is 558 g/mol. The molecule has 8 nitrogen and oxygen atoms in total. The van der Waals surface area contributed by atoms with Crippen molar-refractivity contribution in [2.45, 2.75) is 23.0 Å². The third kappa shape index (κ3) is 4.11. The van der Waals surface area contributed by atoms with Gasteiger partial charge < -0.3 is 14.8 Å². The van der Waals surface area contributed by atoms with Gasteiger partial charge in [0.05, 0.1) is 18.4 Å². The second-order valence-electron chi connectivity index (χ2n) is 7.93. The van der Waals surface area contributed by atoms with E-state index in [0.717, 1.165) is 11.3 Å². The quantitative estimate of drug-likeness (QED) is 0.314. The predicted molar refractivity (Wildman–Crippen MR) is 118 cm³/mol. The minimum Gasteiger partial charge on any atom is -0.494 e. The zero-order chi connectivity index (χ0) is 22.3. The van der Waals surface area contributed by atoms with Gasteiger partial charge in [-0.1, -0.05) is 31.9 Å². The minimum atomic E-state index is -0.790. The highest BCUT2D eigenvalue weighted by molar-refractivity contribution is 9.12. The Morgan fingerprint density at radius 3 is 2.19 bits per heavy atom. The molecular formula is C21H22Br2N2O6.